The molecule has 5 rings (SSSR count). The van der Waals surface area contributed by atoms with Crippen molar-refractivity contribution >= 4 is 24.0 Å². The largest absolute Gasteiger partial charge is 0.468 e. The van der Waals surface area contributed by atoms with Crippen molar-refractivity contribution in [2.24, 2.45) is 5.92 Å². The van der Waals surface area contributed by atoms with Gasteiger partial charge in [0, 0.05) is 13.6 Å². The van der Waals surface area contributed by atoms with Crippen molar-refractivity contribution in [3.05, 3.63) is 106 Å². The maximum atomic E-state index is 14.3. The molecule has 284 valence electrons. The summed E-state index contributed by atoms with van der Waals surface area (Å²) < 4.78 is 107. The monoisotopic (exact) mass is 751 g/mol. The standard InChI is InChI=1S/C37H36F7N3O6/c1-21-14-27(38)10-11-28(21)30-19-35(18-29(32(49)52-4)31(48)47(35)34(51)53-20-23-8-6-5-7-9-23)12-13-46(30)33(50)45(3)22(2)24-15-25(36(39,40)41)17-26(16-24)37(42,43)44/h5-11,14-17,22,29-30H,12-13,18-20H2,1-4H3/t22-,29-,30-,35?/m1/s1. The third-order valence-corrected chi connectivity index (χ3v) is 10.0. The highest BCUT2D eigenvalue weighted by molar-refractivity contribution is 6.06. The van der Waals surface area contributed by atoms with Crippen LogP contribution in [0.15, 0.2) is 66.7 Å². The van der Waals surface area contributed by atoms with E-state index in [9.17, 15) is 49.9 Å². The molecule has 1 unspecified atom stereocenters. The van der Waals surface area contributed by atoms with Crippen LogP contribution >= 0.6 is 0 Å². The van der Waals surface area contributed by atoms with Crippen LogP contribution in [-0.2, 0) is 38.0 Å². The van der Waals surface area contributed by atoms with Crippen LogP contribution in [0.1, 0.15) is 71.7 Å². The van der Waals surface area contributed by atoms with Crippen LogP contribution in [-0.4, -0.2) is 64.9 Å². The summed E-state index contributed by atoms with van der Waals surface area (Å²) in [4.78, 5) is 57.8. The summed E-state index contributed by atoms with van der Waals surface area (Å²) in [6.07, 6.45) is -11.7. The Hall–Kier alpha value is -5.15. The molecule has 2 fully saturated rings. The number of imide groups is 1. The zero-order valence-electron chi connectivity index (χ0n) is 29.1. The summed E-state index contributed by atoms with van der Waals surface area (Å²) >= 11 is 0. The van der Waals surface area contributed by atoms with Crippen LogP contribution in [0.4, 0.5) is 40.3 Å². The van der Waals surface area contributed by atoms with Crippen molar-refractivity contribution < 1.29 is 59.4 Å². The molecule has 0 aromatic heterocycles. The van der Waals surface area contributed by atoms with E-state index in [0.29, 0.717) is 28.8 Å². The van der Waals surface area contributed by atoms with E-state index in [0.717, 1.165) is 23.0 Å². The second-order valence-corrected chi connectivity index (χ2v) is 13.3. The Bertz CT molecular complexity index is 1850. The van der Waals surface area contributed by atoms with Crippen LogP contribution in [0.3, 0.4) is 0 Å². The van der Waals surface area contributed by atoms with E-state index in [4.69, 9.17) is 9.47 Å². The normalized spacial score (nSPS) is 21.1. The number of urea groups is 1. The first-order chi connectivity index (χ1) is 24.8. The molecule has 3 aromatic rings. The Morgan fingerprint density at radius 1 is 0.943 bits per heavy atom. The zero-order valence-corrected chi connectivity index (χ0v) is 29.1. The molecule has 0 bridgehead atoms. The van der Waals surface area contributed by atoms with Gasteiger partial charge in [0.15, 0.2) is 0 Å². The molecule has 0 radical (unpaired) electrons. The van der Waals surface area contributed by atoms with Gasteiger partial charge in [0.1, 0.15) is 18.3 Å². The molecule has 2 aliphatic heterocycles. The summed E-state index contributed by atoms with van der Waals surface area (Å²) in [5.41, 5.74) is -3.55. The molecule has 2 heterocycles. The van der Waals surface area contributed by atoms with Gasteiger partial charge in [-0.15, -0.1) is 0 Å². The van der Waals surface area contributed by atoms with Crippen LogP contribution in [0, 0.1) is 18.7 Å². The number of aryl methyl sites for hydroxylation is 1. The molecule has 2 saturated heterocycles. The number of rotatable bonds is 6. The third kappa shape index (κ3) is 7.95. The van der Waals surface area contributed by atoms with Crippen molar-refractivity contribution in [2.45, 2.75) is 69.7 Å². The van der Waals surface area contributed by atoms with Crippen LogP contribution < -0.4 is 0 Å². The minimum Gasteiger partial charge on any atom is -0.468 e. The lowest BCUT2D eigenvalue weighted by atomic mass is 9.77. The van der Waals surface area contributed by atoms with Crippen molar-refractivity contribution in [1.29, 1.82) is 0 Å². The molecule has 3 aromatic carbocycles. The van der Waals surface area contributed by atoms with Gasteiger partial charge >= 0.3 is 30.4 Å². The molecule has 2 aliphatic rings. The number of carbonyl (C=O) groups excluding carboxylic acids is 4. The SMILES string of the molecule is COC(=O)[C@@H]1CC2(CCN(C(=O)N(C)[C@H](C)c3cc(C(F)(F)F)cc(C(F)(F)F)c3)[C@@H](c3ccc(F)cc3C)C2)N(C(=O)OCc2ccccc2)C1=O. The summed E-state index contributed by atoms with van der Waals surface area (Å²) in [5, 5.41) is 0. The molecule has 0 aliphatic carbocycles. The average Bonchev–Trinajstić information content (AvgIpc) is 3.39. The fraction of sp³-hybridized carbons (Fsp3) is 0.405. The Labute approximate surface area is 300 Å². The van der Waals surface area contributed by atoms with Crippen LogP contribution in [0.25, 0.3) is 0 Å². The number of benzene rings is 3. The Morgan fingerprint density at radius 2 is 1.57 bits per heavy atom. The van der Waals surface area contributed by atoms with Crippen LogP contribution in [0.2, 0.25) is 0 Å². The van der Waals surface area contributed by atoms with E-state index in [1.54, 1.807) is 37.3 Å². The molecule has 4 amide bonds. The smallest absolute Gasteiger partial charge is 0.417 e. The fourth-order valence-corrected chi connectivity index (χ4v) is 7.12. The van der Waals surface area contributed by atoms with Crippen molar-refractivity contribution in [2.75, 3.05) is 20.7 Å². The quantitative estimate of drug-likeness (QED) is 0.143. The molecule has 16 heteroatoms. The van der Waals surface area contributed by atoms with E-state index in [1.165, 1.54) is 31.0 Å². The second kappa shape index (κ2) is 14.7. The number of ether oxygens (including phenoxy) is 2. The fourth-order valence-electron chi connectivity index (χ4n) is 7.12. The van der Waals surface area contributed by atoms with Gasteiger partial charge in [-0.2, -0.15) is 26.3 Å². The van der Waals surface area contributed by atoms with Crippen molar-refractivity contribution in [3.8, 4) is 0 Å². The van der Waals surface area contributed by atoms with Gasteiger partial charge in [-0.3, -0.25) is 9.59 Å². The first-order valence-electron chi connectivity index (χ1n) is 16.5. The first kappa shape index (κ1) is 39.1. The highest BCUT2D eigenvalue weighted by Gasteiger charge is 2.60. The number of methoxy groups -OCH3 is 1. The molecular formula is C37H36F7N3O6. The number of carbonyl (C=O) groups is 4. The molecule has 0 saturated carbocycles. The molecular weight excluding hydrogens is 715 g/mol. The molecule has 9 nitrogen and oxygen atoms in total. The Balaban J connectivity index is 1.52. The molecule has 4 atom stereocenters. The minimum absolute atomic E-state index is 0.00341. The van der Waals surface area contributed by atoms with E-state index < -0.39 is 82.4 Å². The highest BCUT2D eigenvalue weighted by atomic mass is 19.4. The second-order valence-electron chi connectivity index (χ2n) is 13.3. The molecule has 1 spiro atoms. The lowest BCUT2D eigenvalue weighted by Gasteiger charge is -2.49. The third-order valence-electron chi connectivity index (χ3n) is 10.0. The van der Waals surface area contributed by atoms with Crippen molar-refractivity contribution in [1.82, 2.24) is 14.7 Å². The number of alkyl halides is 6. The summed E-state index contributed by atoms with van der Waals surface area (Å²) in [6, 6.07) is 10.3. The lowest BCUT2D eigenvalue weighted by Crippen LogP contribution is -2.58. The average molecular weight is 752 g/mol. The number of hydrogen-bond donors (Lipinski definition) is 0. The maximum Gasteiger partial charge on any atom is 0.417 e. The molecule has 53 heavy (non-hydrogen) atoms. The van der Waals surface area contributed by atoms with Gasteiger partial charge in [-0.05, 0) is 85.7 Å². The van der Waals surface area contributed by atoms with Gasteiger partial charge in [0.05, 0.1) is 35.9 Å². The number of piperidine rings is 1. The Morgan fingerprint density at radius 3 is 2.13 bits per heavy atom. The number of esters is 1. The minimum atomic E-state index is -5.11. The summed E-state index contributed by atoms with van der Waals surface area (Å²) in [7, 11) is 2.31. The van der Waals surface area contributed by atoms with E-state index >= 15 is 0 Å². The van der Waals surface area contributed by atoms with Crippen molar-refractivity contribution in [3.63, 3.8) is 0 Å². The number of amides is 4. The predicted octanol–water partition coefficient (Wildman–Crippen LogP) is 8.22. The highest BCUT2D eigenvalue weighted by Crippen LogP contribution is 2.49. The van der Waals surface area contributed by atoms with E-state index in [-0.39, 0.29) is 38.5 Å². The van der Waals surface area contributed by atoms with Gasteiger partial charge in [-0.25, -0.2) is 18.9 Å². The predicted molar refractivity (Wildman–Crippen MR) is 174 cm³/mol. The number of likely N-dealkylation sites (tertiary alicyclic amines) is 2. The Kier molecular flexibility index (Phi) is 10.8. The summed E-state index contributed by atoms with van der Waals surface area (Å²) in [6.45, 7) is 2.44. The number of halogens is 7. The topological polar surface area (TPSA) is 96.5 Å². The van der Waals surface area contributed by atoms with Crippen LogP contribution in [0.5, 0.6) is 0 Å². The van der Waals surface area contributed by atoms with Gasteiger partial charge < -0.3 is 19.3 Å². The first-order valence-corrected chi connectivity index (χ1v) is 16.5. The van der Waals surface area contributed by atoms with E-state index in [1.807, 2.05) is 0 Å². The summed E-state index contributed by atoms with van der Waals surface area (Å²) in [5.74, 6) is -3.76. The van der Waals surface area contributed by atoms with Gasteiger partial charge in [-0.1, -0.05) is 36.4 Å². The number of nitrogens with zero attached hydrogens (tertiary/aromatic N) is 3. The maximum absolute atomic E-state index is 14.3. The molecule has 0 N–H and O–H groups in total. The zero-order chi connectivity index (χ0) is 39.0. The lowest BCUT2D eigenvalue weighted by molar-refractivity contribution is -0.150. The van der Waals surface area contributed by atoms with Gasteiger partial charge in [0.25, 0.3) is 0 Å². The van der Waals surface area contributed by atoms with Gasteiger partial charge in [0.2, 0.25) is 5.91 Å². The van der Waals surface area contributed by atoms with E-state index in [2.05, 4.69) is 0 Å². The number of hydrogen-bond acceptors (Lipinski definition) is 6.